The molecule has 0 bridgehead atoms. The topological polar surface area (TPSA) is 93.1 Å². The number of ether oxygens (including phenoxy) is 2. The largest absolute Gasteiger partial charge is 0.477 e. The second-order valence-corrected chi connectivity index (χ2v) is 12.1. The van der Waals surface area contributed by atoms with E-state index in [4.69, 9.17) is 14.6 Å². The monoisotopic (exact) mass is 550 g/mol. The maximum absolute atomic E-state index is 10.9. The smallest absolute Gasteiger partial charge is 0.377 e. The molecule has 0 saturated carbocycles. The number of unbranched alkanes of at least 4 members (excludes halogenated alkanes) is 14. The van der Waals surface area contributed by atoms with Gasteiger partial charge in [0.2, 0.25) is 8.46 Å². The maximum Gasteiger partial charge on any atom is 0.377 e. The van der Waals surface area contributed by atoms with E-state index in [9.17, 15) is 14.5 Å². The Balaban J connectivity index is 4.21. The van der Waals surface area contributed by atoms with Crippen LogP contribution >= 0.6 is 20.2 Å². The average Bonchev–Trinajstić information content (AvgIpc) is 2.87. The van der Waals surface area contributed by atoms with Crippen LogP contribution in [0.2, 0.25) is 0 Å². The third-order valence-electron chi connectivity index (χ3n) is 6.57. The Morgan fingerprint density at radius 2 is 1.31 bits per heavy atom. The van der Waals surface area contributed by atoms with Crippen molar-refractivity contribution in [2.24, 2.45) is 0 Å². The van der Waals surface area contributed by atoms with E-state index in [2.05, 4.69) is 20.8 Å². The van der Waals surface area contributed by atoms with Gasteiger partial charge in [-0.15, -0.1) is 0 Å². The van der Waals surface area contributed by atoms with E-state index in [0.717, 1.165) is 6.42 Å². The molecule has 0 aliphatic carbocycles. The molecule has 0 saturated heterocycles. The first kappa shape index (κ1) is 35.8. The molecule has 2 N–H and O–H groups in total. The Bertz CT molecular complexity index is 524. The van der Waals surface area contributed by atoms with Gasteiger partial charge in [0.05, 0.1) is 12.7 Å². The molecule has 36 heavy (non-hydrogen) atoms. The molecule has 0 amide bonds. The van der Waals surface area contributed by atoms with Gasteiger partial charge in [0, 0.05) is 11.9 Å². The van der Waals surface area contributed by atoms with Crippen LogP contribution in [0.4, 0.5) is 0 Å². The summed E-state index contributed by atoms with van der Waals surface area (Å²) in [6.07, 6.45) is 22.9. The Kier molecular flexibility index (Phi) is 25.0. The van der Waals surface area contributed by atoms with Gasteiger partial charge in [-0.1, -0.05) is 110 Å². The lowest BCUT2D eigenvalue weighted by Gasteiger charge is -2.24. The van der Waals surface area contributed by atoms with Crippen LogP contribution in [-0.4, -0.2) is 52.0 Å². The second kappa shape index (κ2) is 25.1. The predicted molar refractivity (Wildman–Crippen MR) is 152 cm³/mol. The van der Waals surface area contributed by atoms with Crippen LogP contribution in [-0.2, 0) is 18.8 Å². The number of aliphatic carboxylic acids is 1. The molecule has 0 aromatic heterocycles. The van der Waals surface area contributed by atoms with Crippen LogP contribution in [0.25, 0.3) is 0 Å². The van der Waals surface area contributed by atoms with Crippen molar-refractivity contribution >= 4 is 26.2 Å². The highest BCUT2D eigenvalue weighted by Crippen LogP contribution is 2.26. The number of carboxylic acid groups (broad SMARTS) is 1. The number of rotatable bonds is 28. The van der Waals surface area contributed by atoms with Gasteiger partial charge < -0.3 is 19.7 Å². The van der Waals surface area contributed by atoms with E-state index >= 15 is 0 Å². The molecule has 3 unspecified atom stereocenters. The summed E-state index contributed by atoms with van der Waals surface area (Å²) >= 11 is 2.03. The maximum atomic E-state index is 10.9. The molecule has 0 fully saturated rings. The minimum absolute atomic E-state index is 0.0292. The number of carbonyl (C=O) groups is 1. The molecule has 0 aromatic rings. The molecule has 0 aromatic carbocycles. The van der Waals surface area contributed by atoms with Crippen molar-refractivity contribution in [2.75, 3.05) is 19.0 Å². The van der Waals surface area contributed by atoms with Crippen LogP contribution in [0.5, 0.6) is 0 Å². The highest BCUT2D eigenvalue weighted by molar-refractivity contribution is 7.99. The molecule has 0 aliphatic rings. The molecule has 0 rings (SSSR count). The fourth-order valence-electron chi connectivity index (χ4n) is 4.18. The van der Waals surface area contributed by atoms with Gasteiger partial charge in [-0.05, 0) is 31.9 Å². The Morgan fingerprint density at radius 1 is 0.806 bits per heavy atom. The van der Waals surface area contributed by atoms with Gasteiger partial charge in [-0.2, -0.15) is 11.8 Å². The van der Waals surface area contributed by atoms with Crippen molar-refractivity contribution in [2.45, 2.75) is 153 Å². The summed E-state index contributed by atoms with van der Waals surface area (Å²) < 4.78 is 21.8. The van der Waals surface area contributed by atoms with Crippen LogP contribution in [0.1, 0.15) is 136 Å². The van der Waals surface area contributed by atoms with Crippen molar-refractivity contribution in [3.8, 4) is 0 Å². The average molecular weight is 551 g/mol. The summed E-state index contributed by atoms with van der Waals surface area (Å²) in [5.74, 6) is -0.488. The molecule has 0 radical (unpaired) electrons. The summed E-state index contributed by atoms with van der Waals surface area (Å²) in [7, 11) is -0.976. The summed E-state index contributed by atoms with van der Waals surface area (Å²) in [5, 5.41) is 18.9. The quantitative estimate of drug-likeness (QED) is 0.0572. The third kappa shape index (κ3) is 19.9. The first-order valence-electron chi connectivity index (χ1n) is 14.6. The lowest BCUT2D eigenvalue weighted by atomic mass is 10.1. The van der Waals surface area contributed by atoms with Crippen molar-refractivity contribution in [1.29, 1.82) is 0 Å². The van der Waals surface area contributed by atoms with Gasteiger partial charge in [-0.25, -0.2) is 4.79 Å². The Labute approximate surface area is 227 Å². The van der Waals surface area contributed by atoms with Crippen LogP contribution in [0, 0.1) is 0 Å². The lowest BCUT2D eigenvalue weighted by Crippen LogP contribution is -2.36. The van der Waals surface area contributed by atoms with Crippen LogP contribution in [0.3, 0.4) is 0 Å². The zero-order chi connectivity index (χ0) is 26.9. The lowest BCUT2D eigenvalue weighted by molar-refractivity contribution is -0.190. The fourth-order valence-corrected chi connectivity index (χ4v) is 5.76. The molecule has 8 heteroatoms. The fraction of sp³-hybridized carbons (Fsp3) is 0.964. The summed E-state index contributed by atoms with van der Waals surface area (Å²) in [5.41, 5.74) is -2.67. The van der Waals surface area contributed by atoms with Crippen LogP contribution < -0.4 is 0 Å². The van der Waals surface area contributed by atoms with Crippen molar-refractivity contribution < 1.29 is 29.0 Å². The molecule has 0 aliphatic heterocycles. The first-order chi connectivity index (χ1) is 17.4. The molecular formula is C28H55O6PS. The van der Waals surface area contributed by atoms with Crippen molar-refractivity contribution in [3.05, 3.63) is 0 Å². The molecule has 0 spiro atoms. The predicted octanol–water partition coefficient (Wildman–Crippen LogP) is 8.59. The van der Waals surface area contributed by atoms with E-state index in [1.807, 2.05) is 11.8 Å². The van der Waals surface area contributed by atoms with Gasteiger partial charge >= 0.3 is 11.5 Å². The van der Waals surface area contributed by atoms with E-state index < -0.39 is 20.0 Å². The molecule has 3 atom stereocenters. The summed E-state index contributed by atoms with van der Waals surface area (Å²) in [4.78, 5) is 10.9. The minimum Gasteiger partial charge on any atom is -0.477 e. The Morgan fingerprint density at radius 3 is 1.81 bits per heavy atom. The van der Waals surface area contributed by atoms with Gasteiger partial charge in [0.15, 0.2) is 0 Å². The molecular weight excluding hydrogens is 495 g/mol. The standard InChI is InChI=1S/C28H55O6PS/c1-4-6-8-10-12-13-14-15-17-19-24-36-26(21-18-16-11-9-7-5-2)25(3)33-22-20-23-34-28(31,35-32)27(29)30/h25-26,31H,4-24H2,1-3H3,(H,29,30). The number of hydrogen-bond donors (Lipinski definition) is 2. The zero-order valence-corrected chi connectivity index (χ0v) is 25.1. The number of carboxylic acids is 1. The van der Waals surface area contributed by atoms with Crippen molar-refractivity contribution in [3.63, 3.8) is 0 Å². The SMILES string of the molecule is CCCCCCCCCCCCSC(CCCCCCCC)C(C)OCCCOC(O)(P=O)C(=O)O. The Hall–Kier alpha value is -0.200. The third-order valence-corrected chi connectivity index (χ3v) is 8.71. The van der Waals surface area contributed by atoms with Crippen LogP contribution in [0.15, 0.2) is 0 Å². The van der Waals surface area contributed by atoms with Crippen molar-refractivity contribution in [1.82, 2.24) is 0 Å². The summed E-state index contributed by atoms with van der Waals surface area (Å²) in [6.45, 7) is 7.02. The molecule has 6 nitrogen and oxygen atoms in total. The minimum atomic E-state index is -2.67. The zero-order valence-electron chi connectivity index (χ0n) is 23.4. The van der Waals surface area contributed by atoms with Gasteiger partial charge in [0.25, 0.3) is 0 Å². The second-order valence-electron chi connectivity index (χ2n) is 9.93. The highest BCUT2D eigenvalue weighted by atomic mass is 32.2. The van der Waals surface area contributed by atoms with E-state index in [1.165, 1.54) is 108 Å². The van der Waals surface area contributed by atoms with E-state index in [1.54, 1.807) is 0 Å². The highest BCUT2D eigenvalue weighted by Gasteiger charge is 2.38. The molecule has 214 valence electrons. The van der Waals surface area contributed by atoms with E-state index in [-0.39, 0.29) is 12.7 Å². The van der Waals surface area contributed by atoms with Gasteiger partial charge in [0.1, 0.15) is 0 Å². The van der Waals surface area contributed by atoms with E-state index in [0.29, 0.717) is 18.3 Å². The summed E-state index contributed by atoms with van der Waals surface area (Å²) in [6, 6.07) is 0. The number of aliphatic hydroxyl groups is 1. The number of hydrogen-bond acceptors (Lipinski definition) is 6. The normalized spacial score (nSPS) is 15.1. The van der Waals surface area contributed by atoms with Gasteiger partial charge in [-0.3, -0.25) is 4.57 Å². The molecule has 0 heterocycles. The first-order valence-corrected chi connectivity index (χ1v) is 16.4. The number of thioether (sulfide) groups is 1.